The normalized spacial score (nSPS) is 15.3. The first-order valence-corrected chi connectivity index (χ1v) is 8.67. The van der Waals surface area contributed by atoms with E-state index < -0.39 is 34.6 Å². The van der Waals surface area contributed by atoms with Gasteiger partial charge in [0.05, 0.1) is 30.0 Å². The molecule has 1 aliphatic rings. The maximum absolute atomic E-state index is 14.3. The van der Waals surface area contributed by atoms with Crippen molar-refractivity contribution in [2.75, 3.05) is 18.4 Å². The summed E-state index contributed by atoms with van der Waals surface area (Å²) >= 11 is 1.92. The third-order valence-corrected chi connectivity index (χ3v) is 4.78. The molecule has 8 heteroatoms. The van der Waals surface area contributed by atoms with Crippen molar-refractivity contribution < 1.29 is 23.1 Å². The highest BCUT2D eigenvalue weighted by Gasteiger charge is 2.42. The van der Waals surface area contributed by atoms with Gasteiger partial charge in [-0.2, -0.15) is 0 Å². The second-order valence-electron chi connectivity index (χ2n) is 6.00. The highest BCUT2D eigenvalue weighted by Crippen LogP contribution is 2.31. The second-order valence-corrected chi connectivity index (χ2v) is 7.25. The number of rotatable bonds is 4. The van der Waals surface area contributed by atoms with Gasteiger partial charge in [-0.3, -0.25) is 4.79 Å². The Morgan fingerprint density at radius 2 is 1.92 bits per heavy atom. The van der Waals surface area contributed by atoms with Crippen molar-refractivity contribution >= 4 is 39.9 Å². The van der Waals surface area contributed by atoms with Gasteiger partial charge in [-0.25, -0.2) is 13.2 Å². The number of nitrogens with one attached hydrogen (secondary N) is 1. The van der Waals surface area contributed by atoms with E-state index in [0.717, 1.165) is 12.1 Å². The van der Waals surface area contributed by atoms with Crippen LogP contribution in [0.4, 0.5) is 24.5 Å². The summed E-state index contributed by atoms with van der Waals surface area (Å²) < 4.78 is 42.7. The molecule has 4 nitrogen and oxygen atoms in total. The largest absolute Gasteiger partial charge is 0.382 e. The van der Waals surface area contributed by atoms with E-state index in [9.17, 15) is 23.1 Å². The Labute approximate surface area is 161 Å². The molecule has 2 aromatic carbocycles. The molecule has 2 aromatic rings. The van der Waals surface area contributed by atoms with E-state index in [1.165, 1.54) is 23.1 Å². The highest BCUT2D eigenvalue weighted by atomic mass is 127. The fourth-order valence-electron chi connectivity index (χ4n) is 2.63. The Morgan fingerprint density at radius 1 is 1.23 bits per heavy atom. The third-order valence-electron chi connectivity index (χ3n) is 4.11. The lowest BCUT2D eigenvalue weighted by Gasteiger charge is -2.44. The van der Waals surface area contributed by atoms with Crippen molar-refractivity contribution in [3.8, 4) is 0 Å². The van der Waals surface area contributed by atoms with Crippen molar-refractivity contribution in [3.05, 3.63) is 69.6 Å². The molecule has 0 bridgehead atoms. The molecule has 0 unspecified atom stereocenters. The van der Waals surface area contributed by atoms with Gasteiger partial charge in [0.1, 0.15) is 11.4 Å². The number of hydrogen-bond acceptors (Lipinski definition) is 3. The molecule has 3 rings (SSSR count). The van der Waals surface area contributed by atoms with E-state index in [4.69, 9.17) is 0 Å². The maximum atomic E-state index is 14.3. The predicted molar refractivity (Wildman–Crippen MR) is 99.8 cm³/mol. The van der Waals surface area contributed by atoms with Crippen LogP contribution < -0.4 is 5.32 Å². The van der Waals surface area contributed by atoms with Gasteiger partial charge in [0, 0.05) is 3.57 Å². The van der Waals surface area contributed by atoms with E-state index >= 15 is 0 Å². The van der Waals surface area contributed by atoms with Gasteiger partial charge in [0.25, 0.3) is 5.91 Å². The summed E-state index contributed by atoms with van der Waals surface area (Å²) in [4.78, 5) is 13.9. The molecule has 0 saturated carbocycles. The molecule has 26 heavy (non-hydrogen) atoms. The minimum absolute atomic E-state index is 0.00827. The van der Waals surface area contributed by atoms with E-state index in [1.54, 1.807) is 6.07 Å². The number of amides is 1. The highest BCUT2D eigenvalue weighted by molar-refractivity contribution is 14.1. The minimum atomic E-state index is -1.28. The Morgan fingerprint density at radius 3 is 2.54 bits per heavy atom. The minimum Gasteiger partial charge on any atom is -0.382 e. The zero-order valence-electron chi connectivity index (χ0n) is 13.4. The van der Waals surface area contributed by atoms with E-state index in [2.05, 4.69) is 11.9 Å². The number of aliphatic hydroxyl groups is 1. The van der Waals surface area contributed by atoms with Crippen molar-refractivity contribution in [2.24, 2.45) is 0 Å². The monoisotopic (exact) mass is 474 g/mol. The van der Waals surface area contributed by atoms with Crippen LogP contribution in [0.5, 0.6) is 0 Å². The topological polar surface area (TPSA) is 52.6 Å². The average Bonchev–Trinajstić information content (AvgIpc) is 2.57. The Bertz CT molecular complexity index is 898. The lowest BCUT2D eigenvalue weighted by Crippen LogP contribution is -2.62. The predicted octanol–water partition coefficient (Wildman–Crippen LogP) is 3.83. The number of nitrogens with zero attached hydrogens (tertiary/aromatic N) is 1. The quantitative estimate of drug-likeness (QED) is 0.524. The van der Waals surface area contributed by atoms with Crippen LogP contribution in [0.25, 0.3) is 0 Å². The molecule has 2 N–H and O–H groups in total. The van der Waals surface area contributed by atoms with Gasteiger partial charge in [-0.05, 0) is 52.9 Å². The third kappa shape index (κ3) is 3.43. The van der Waals surface area contributed by atoms with Crippen LogP contribution in [0, 0.1) is 21.0 Å². The van der Waals surface area contributed by atoms with Crippen LogP contribution in [0.3, 0.4) is 0 Å². The van der Waals surface area contributed by atoms with E-state index in [0.29, 0.717) is 3.57 Å². The maximum Gasteiger partial charge on any atom is 0.256 e. The van der Waals surface area contributed by atoms with Crippen molar-refractivity contribution in [3.63, 3.8) is 0 Å². The first kappa shape index (κ1) is 18.7. The van der Waals surface area contributed by atoms with Crippen molar-refractivity contribution in [1.82, 2.24) is 4.90 Å². The van der Waals surface area contributed by atoms with Crippen LogP contribution >= 0.6 is 22.6 Å². The summed E-state index contributed by atoms with van der Waals surface area (Å²) in [5, 5.41) is 12.4. The number of carbonyl (C=O) groups is 1. The molecule has 1 fully saturated rings. The Kier molecular flexibility index (Phi) is 4.98. The van der Waals surface area contributed by atoms with Gasteiger partial charge >= 0.3 is 0 Å². The van der Waals surface area contributed by atoms with Crippen molar-refractivity contribution in [1.29, 1.82) is 0 Å². The molecule has 0 radical (unpaired) electrons. The van der Waals surface area contributed by atoms with Gasteiger partial charge in [0.2, 0.25) is 0 Å². The summed E-state index contributed by atoms with van der Waals surface area (Å²) in [5.74, 6) is -3.72. The van der Waals surface area contributed by atoms with Gasteiger partial charge in [-0.15, -0.1) is 6.58 Å². The smallest absolute Gasteiger partial charge is 0.256 e. The molecule has 0 spiro atoms. The first-order valence-electron chi connectivity index (χ1n) is 7.59. The van der Waals surface area contributed by atoms with Crippen LogP contribution in [0.2, 0.25) is 0 Å². The number of carbonyl (C=O) groups excluding carboxylic acids is 1. The summed E-state index contributed by atoms with van der Waals surface area (Å²) in [7, 11) is 0. The van der Waals surface area contributed by atoms with Gasteiger partial charge in [0.15, 0.2) is 11.6 Å². The average molecular weight is 474 g/mol. The number of benzene rings is 2. The fraction of sp³-hybridized carbons (Fsp3) is 0.167. The number of anilines is 2. The lowest BCUT2D eigenvalue weighted by molar-refractivity contribution is -0.0454. The van der Waals surface area contributed by atoms with Crippen LogP contribution in [0.15, 0.2) is 43.0 Å². The standard InChI is InChI=1S/C18H14F3IN2O2/c1-2-18(26)8-24(9-18)17(25)11-4-5-12(19)15(21)16(11)23-14-6-3-10(22)7-13(14)20/h2-7,23,26H,1,8-9H2. The molecule has 0 aromatic heterocycles. The zero-order chi connectivity index (χ0) is 19.1. The number of hydrogen-bond donors (Lipinski definition) is 2. The van der Waals surface area contributed by atoms with E-state index in [-0.39, 0.29) is 24.3 Å². The lowest BCUT2D eigenvalue weighted by atomic mass is 9.93. The summed E-state index contributed by atoms with van der Waals surface area (Å²) in [6.45, 7) is 3.47. The van der Waals surface area contributed by atoms with E-state index in [1.807, 2.05) is 22.6 Å². The Hall–Kier alpha value is -2.07. The number of halogens is 4. The summed E-state index contributed by atoms with van der Waals surface area (Å²) in [6.07, 6.45) is 1.32. The number of β-amino-alcohol motifs (C(OH)–C–C–N with tert-alkyl or cyclic N) is 1. The molecule has 1 saturated heterocycles. The number of likely N-dealkylation sites (tertiary alicyclic amines) is 1. The molecule has 0 aliphatic carbocycles. The zero-order valence-corrected chi connectivity index (χ0v) is 15.6. The fourth-order valence-corrected chi connectivity index (χ4v) is 3.09. The molecule has 1 amide bonds. The molecule has 0 atom stereocenters. The first-order chi connectivity index (χ1) is 12.2. The van der Waals surface area contributed by atoms with Crippen LogP contribution in [-0.2, 0) is 0 Å². The van der Waals surface area contributed by atoms with Gasteiger partial charge < -0.3 is 15.3 Å². The molecular weight excluding hydrogens is 460 g/mol. The summed E-state index contributed by atoms with van der Waals surface area (Å²) in [5.41, 5.74) is -1.89. The Balaban J connectivity index is 1.95. The molecular formula is C18H14F3IN2O2. The van der Waals surface area contributed by atoms with Crippen LogP contribution in [-0.4, -0.2) is 34.6 Å². The van der Waals surface area contributed by atoms with Crippen molar-refractivity contribution in [2.45, 2.75) is 5.60 Å². The summed E-state index contributed by atoms with van der Waals surface area (Å²) in [6, 6.07) is 6.14. The van der Waals surface area contributed by atoms with Gasteiger partial charge in [-0.1, -0.05) is 6.08 Å². The molecule has 1 heterocycles. The molecule has 1 aliphatic heterocycles. The second kappa shape index (κ2) is 6.92. The van der Waals surface area contributed by atoms with Crippen LogP contribution in [0.1, 0.15) is 10.4 Å². The SMILES string of the molecule is C=CC1(O)CN(C(=O)c2ccc(F)c(F)c2Nc2ccc(I)cc2F)C1. The molecule has 136 valence electrons.